The standard InChI is InChI=1S/C24H25FN2O4S/c1-4-22(31-23-8-6-5-7-20(23)25)24(28)26-18-10-12-19(13-11-18)32(29,30)27-21-14-9-16(2)15-17(21)3/h5-15,22,27H,4H2,1-3H3,(H,26,28)/t22-/m1/s1. The fourth-order valence-corrected chi connectivity index (χ4v) is 4.22. The quantitative estimate of drug-likeness (QED) is 0.497. The van der Waals surface area contributed by atoms with Gasteiger partial charge in [0, 0.05) is 5.69 Å². The lowest BCUT2D eigenvalue weighted by atomic mass is 10.1. The summed E-state index contributed by atoms with van der Waals surface area (Å²) in [6, 6.07) is 17.1. The molecule has 6 nitrogen and oxygen atoms in total. The number of amides is 1. The Kier molecular flexibility index (Phi) is 7.15. The van der Waals surface area contributed by atoms with Crippen LogP contribution in [0.15, 0.2) is 71.6 Å². The number of carbonyl (C=O) groups excluding carboxylic acids is 1. The van der Waals surface area contributed by atoms with E-state index in [-0.39, 0.29) is 10.6 Å². The van der Waals surface area contributed by atoms with Crippen LogP contribution in [0.4, 0.5) is 15.8 Å². The number of anilines is 2. The molecule has 3 aromatic rings. The Morgan fingerprint density at radius 3 is 2.34 bits per heavy atom. The van der Waals surface area contributed by atoms with Crippen LogP contribution < -0.4 is 14.8 Å². The van der Waals surface area contributed by atoms with Crippen LogP contribution in [0.2, 0.25) is 0 Å². The number of rotatable bonds is 8. The summed E-state index contributed by atoms with van der Waals surface area (Å²) >= 11 is 0. The van der Waals surface area contributed by atoms with E-state index in [0.717, 1.165) is 11.1 Å². The molecule has 3 aromatic carbocycles. The van der Waals surface area contributed by atoms with Crippen molar-refractivity contribution in [1.29, 1.82) is 0 Å². The molecule has 0 aliphatic rings. The predicted octanol–water partition coefficient (Wildman–Crippen LogP) is 5.04. The van der Waals surface area contributed by atoms with Crippen LogP contribution in [0.1, 0.15) is 24.5 Å². The van der Waals surface area contributed by atoms with Gasteiger partial charge in [-0.1, -0.05) is 36.8 Å². The Labute approximate surface area is 187 Å². The Balaban J connectivity index is 1.69. The molecule has 0 bridgehead atoms. The lowest BCUT2D eigenvalue weighted by molar-refractivity contribution is -0.122. The van der Waals surface area contributed by atoms with Crippen LogP contribution >= 0.6 is 0 Å². The zero-order chi connectivity index (χ0) is 23.3. The molecule has 0 saturated heterocycles. The van der Waals surface area contributed by atoms with Crippen molar-refractivity contribution in [2.75, 3.05) is 10.0 Å². The van der Waals surface area contributed by atoms with Gasteiger partial charge in [-0.3, -0.25) is 9.52 Å². The van der Waals surface area contributed by atoms with Gasteiger partial charge in [0.15, 0.2) is 17.7 Å². The number of para-hydroxylation sites is 1. The minimum absolute atomic E-state index is 0.00610. The van der Waals surface area contributed by atoms with E-state index in [1.54, 1.807) is 19.1 Å². The van der Waals surface area contributed by atoms with Crippen LogP contribution in [0, 0.1) is 19.7 Å². The summed E-state index contributed by atoms with van der Waals surface area (Å²) in [7, 11) is -3.79. The van der Waals surface area contributed by atoms with E-state index in [1.807, 2.05) is 26.0 Å². The Bertz CT molecular complexity index is 1210. The summed E-state index contributed by atoms with van der Waals surface area (Å²) in [6.45, 7) is 5.51. The van der Waals surface area contributed by atoms with Crippen molar-refractivity contribution in [2.24, 2.45) is 0 Å². The summed E-state index contributed by atoms with van der Waals surface area (Å²) in [5, 5.41) is 2.67. The molecule has 168 valence electrons. The molecule has 0 aliphatic carbocycles. The third-order valence-electron chi connectivity index (χ3n) is 4.83. The van der Waals surface area contributed by atoms with Crippen LogP contribution in [0.3, 0.4) is 0 Å². The largest absolute Gasteiger partial charge is 0.478 e. The van der Waals surface area contributed by atoms with Crippen molar-refractivity contribution >= 4 is 27.3 Å². The second-order valence-corrected chi connectivity index (χ2v) is 9.07. The summed E-state index contributed by atoms with van der Waals surface area (Å²) in [5.41, 5.74) is 2.76. The maximum atomic E-state index is 13.8. The molecule has 0 saturated carbocycles. The summed E-state index contributed by atoms with van der Waals surface area (Å²) in [4.78, 5) is 12.6. The van der Waals surface area contributed by atoms with E-state index < -0.39 is 27.9 Å². The summed E-state index contributed by atoms with van der Waals surface area (Å²) in [5.74, 6) is -1.02. The number of ether oxygens (including phenoxy) is 1. The zero-order valence-corrected chi connectivity index (χ0v) is 18.9. The molecule has 0 fully saturated rings. The minimum Gasteiger partial charge on any atom is -0.478 e. The van der Waals surface area contributed by atoms with Crippen LogP contribution in [0.25, 0.3) is 0 Å². The van der Waals surface area contributed by atoms with Gasteiger partial charge in [-0.25, -0.2) is 12.8 Å². The molecule has 1 atom stereocenters. The molecule has 3 rings (SSSR count). The molecule has 0 aromatic heterocycles. The van der Waals surface area contributed by atoms with E-state index in [0.29, 0.717) is 17.8 Å². The maximum Gasteiger partial charge on any atom is 0.265 e. The highest BCUT2D eigenvalue weighted by atomic mass is 32.2. The van der Waals surface area contributed by atoms with E-state index >= 15 is 0 Å². The van der Waals surface area contributed by atoms with E-state index in [4.69, 9.17) is 4.74 Å². The molecule has 0 heterocycles. The van der Waals surface area contributed by atoms with Crippen molar-refractivity contribution in [2.45, 2.75) is 38.2 Å². The third-order valence-corrected chi connectivity index (χ3v) is 6.21. The monoisotopic (exact) mass is 456 g/mol. The first-order valence-corrected chi connectivity index (χ1v) is 11.6. The molecule has 1 amide bonds. The number of hydrogen-bond donors (Lipinski definition) is 2. The second kappa shape index (κ2) is 9.82. The average Bonchev–Trinajstić information content (AvgIpc) is 2.75. The average molecular weight is 457 g/mol. The highest BCUT2D eigenvalue weighted by molar-refractivity contribution is 7.92. The number of aryl methyl sites for hydroxylation is 2. The van der Waals surface area contributed by atoms with Gasteiger partial charge in [0.05, 0.1) is 10.6 Å². The highest BCUT2D eigenvalue weighted by Crippen LogP contribution is 2.23. The van der Waals surface area contributed by atoms with Crippen LogP contribution in [-0.4, -0.2) is 20.4 Å². The van der Waals surface area contributed by atoms with Gasteiger partial charge < -0.3 is 10.1 Å². The molecule has 0 spiro atoms. The molecular formula is C24H25FN2O4S. The topological polar surface area (TPSA) is 84.5 Å². The van der Waals surface area contributed by atoms with E-state index in [9.17, 15) is 17.6 Å². The number of halogens is 1. The van der Waals surface area contributed by atoms with Gasteiger partial charge >= 0.3 is 0 Å². The Morgan fingerprint density at radius 1 is 1.03 bits per heavy atom. The van der Waals surface area contributed by atoms with E-state index in [2.05, 4.69) is 10.0 Å². The predicted molar refractivity (Wildman–Crippen MR) is 123 cm³/mol. The molecule has 0 unspecified atom stereocenters. The first kappa shape index (κ1) is 23.3. The number of nitrogens with one attached hydrogen (secondary N) is 2. The summed E-state index contributed by atoms with van der Waals surface area (Å²) < 4.78 is 47.3. The normalized spacial score (nSPS) is 12.1. The lowest BCUT2D eigenvalue weighted by Crippen LogP contribution is -2.32. The van der Waals surface area contributed by atoms with Crippen LogP contribution in [0.5, 0.6) is 5.75 Å². The van der Waals surface area contributed by atoms with Gasteiger partial charge in [-0.2, -0.15) is 0 Å². The molecule has 2 N–H and O–H groups in total. The number of hydrogen-bond acceptors (Lipinski definition) is 4. The number of carbonyl (C=O) groups is 1. The fourth-order valence-electron chi connectivity index (χ4n) is 3.09. The zero-order valence-electron chi connectivity index (χ0n) is 18.1. The van der Waals surface area contributed by atoms with Gasteiger partial charge in [-0.15, -0.1) is 0 Å². The van der Waals surface area contributed by atoms with Crippen molar-refractivity contribution in [1.82, 2.24) is 0 Å². The molecule has 0 aliphatic heterocycles. The molecule has 8 heteroatoms. The SMILES string of the molecule is CC[C@@H](Oc1ccccc1F)C(=O)Nc1ccc(S(=O)(=O)Nc2ccc(C)cc2C)cc1. The van der Waals surface area contributed by atoms with Gasteiger partial charge in [0.1, 0.15) is 0 Å². The maximum absolute atomic E-state index is 13.8. The van der Waals surface area contributed by atoms with Gasteiger partial charge in [-0.05, 0) is 68.3 Å². The second-order valence-electron chi connectivity index (χ2n) is 7.38. The highest BCUT2D eigenvalue weighted by Gasteiger charge is 2.21. The first-order valence-electron chi connectivity index (χ1n) is 10.1. The third kappa shape index (κ3) is 5.64. The molecular weight excluding hydrogens is 431 g/mol. The molecule has 0 radical (unpaired) electrons. The van der Waals surface area contributed by atoms with Crippen molar-refractivity contribution in [3.63, 3.8) is 0 Å². The molecule has 32 heavy (non-hydrogen) atoms. The van der Waals surface area contributed by atoms with Crippen molar-refractivity contribution in [3.05, 3.63) is 83.7 Å². The number of sulfonamides is 1. The van der Waals surface area contributed by atoms with Crippen molar-refractivity contribution in [3.8, 4) is 5.75 Å². The lowest BCUT2D eigenvalue weighted by Gasteiger charge is -2.18. The van der Waals surface area contributed by atoms with Crippen LogP contribution in [-0.2, 0) is 14.8 Å². The number of benzene rings is 3. The smallest absolute Gasteiger partial charge is 0.265 e. The summed E-state index contributed by atoms with van der Waals surface area (Å²) in [6.07, 6.45) is -0.576. The minimum atomic E-state index is -3.79. The Hall–Kier alpha value is -3.39. The first-order chi connectivity index (χ1) is 15.2. The fraction of sp³-hybridized carbons (Fsp3) is 0.208. The van der Waals surface area contributed by atoms with Crippen molar-refractivity contribution < 1.29 is 22.3 Å². The Morgan fingerprint density at radius 2 is 1.72 bits per heavy atom. The van der Waals surface area contributed by atoms with E-state index in [1.165, 1.54) is 42.5 Å². The van der Waals surface area contributed by atoms with Gasteiger partial charge in [0.2, 0.25) is 0 Å². The van der Waals surface area contributed by atoms with Gasteiger partial charge in [0.25, 0.3) is 15.9 Å².